The van der Waals surface area contributed by atoms with E-state index in [9.17, 15) is 18.3 Å². The molecule has 206 valence electrons. The van der Waals surface area contributed by atoms with Crippen LogP contribution in [0.5, 0.6) is 0 Å². The zero-order chi connectivity index (χ0) is 26.1. The van der Waals surface area contributed by atoms with E-state index in [1.54, 1.807) is 0 Å². The first kappa shape index (κ1) is 27.0. The smallest absolute Gasteiger partial charge is 0.264 e. The van der Waals surface area contributed by atoms with Crippen LogP contribution in [0.1, 0.15) is 79.1 Å². The molecule has 1 aliphatic heterocycles. The molecule has 0 spiro atoms. The number of ketones is 1. The zero-order valence-electron chi connectivity index (χ0n) is 22.9. The van der Waals surface area contributed by atoms with E-state index in [0.717, 1.165) is 64.5 Å². The number of aliphatic hydroxyl groups is 1. The summed E-state index contributed by atoms with van der Waals surface area (Å²) >= 11 is 0. The monoisotopic (exact) mass is 525 g/mol. The topological polar surface area (TPSA) is 93.1 Å². The van der Waals surface area contributed by atoms with E-state index in [1.807, 2.05) is 0 Å². The lowest BCUT2D eigenvalue weighted by Gasteiger charge is -2.63. The van der Waals surface area contributed by atoms with E-state index in [0.29, 0.717) is 23.7 Å². The van der Waals surface area contributed by atoms with E-state index in [4.69, 9.17) is 8.92 Å². The van der Waals surface area contributed by atoms with Crippen molar-refractivity contribution in [1.82, 2.24) is 4.90 Å². The van der Waals surface area contributed by atoms with Crippen LogP contribution in [0.25, 0.3) is 0 Å². The van der Waals surface area contributed by atoms with Crippen molar-refractivity contribution in [2.75, 3.05) is 32.6 Å². The quantitative estimate of drug-likeness (QED) is 0.548. The van der Waals surface area contributed by atoms with E-state index >= 15 is 0 Å². The lowest BCUT2D eigenvalue weighted by Crippen LogP contribution is -2.62. The van der Waals surface area contributed by atoms with E-state index < -0.39 is 10.1 Å². The van der Waals surface area contributed by atoms with Crippen molar-refractivity contribution < 1.29 is 27.2 Å². The second kappa shape index (κ2) is 9.29. The lowest BCUT2D eigenvalue weighted by atomic mass is 9.44. The van der Waals surface area contributed by atoms with Gasteiger partial charge in [-0.05, 0) is 99.7 Å². The van der Waals surface area contributed by atoms with Gasteiger partial charge < -0.3 is 9.84 Å². The van der Waals surface area contributed by atoms with Gasteiger partial charge in [-0.25, -0.2) is 0 Å². The molecule has 1 saturated heterocycles. The van der Waals surface area contributed by atoms with Crippen LogP contribution in [0.3, 0.4) is 0 Å². The summed E-state index contributed by atoms with van der Waals surface area (Å²) in [6, 6.07) is 0.188. The maximum Gasteiger partial charge on any atom is 0.264 e. The highest BCUT2D eigenvalue weighted by atomic mass is 32.2. The molecule has 0 amide bonds. The number of nitrogens with zero attached hydrogens (tertiary/aromatic N) is 1. The summed E-state index contributed by atoms with van der Waals surface area (Å²) in [6.07, 6.45) is 9.08. The third-order valence-electron chi connectivity index (χ3n) is 11.4. The maximum absolute atomic E-state index is 13.1. The molecule has 0 radical (unpaired) electrons. The van der Waals surface area contributed by atoms with Gasteiger partial charge in [-0.3, -0.25) is 13.9 Å². The molecule has 7 nitrogen and oxygen atoms in total. The molecule has 0 aromatic rings. The predicted molar refractivity (Wildman–Crippen MR) is 138 cm³/mol. The summed E-state index contributed by atoms with van der Waals surface area (Å²) in [5.41, 5.74) is -0.0358. The van der Waals surface area contributed by atoms with Gasteiger partial charge in [-0.1, -0.05) is 13.8 Å². The minimum Gasteiger partial charge on any atom is -0.391 e. The van der Waals surface area contributed by atoms with Gasteiger partial charge in [-0.15, -0.1) is 0 Å². The SMILES string of the molecule is CC1(C)CN([C@H]2C[C@@]3(C)[C@@H](CC[C@@H]4[C@@H]3CC[C@]3(C)[C@@H](C(=O)COS(C)(=O)=O)CC[C@@H]43)C[C@@H]2O)CCO1. The lowest BCUT2D eigenvalue weighted by molar-refractivity contribution is -0.169. The predicted octanol–water partition coefficient (Wildman–Crippen LogP) is 3.64. The number of aliphatic hydroxyl groups excluding tert-OH is 1. The Bertz CT molecular complexity index is 967. The molecule has 36 heavy (non-hydrogen) atoms. The average Bonchev–Trinajstić information content (AvgIpc) is 3.13. The highest BCUT2D eigenvalue weighted by molar-refractivity contribution is 7.86. The van der Waals surface area contributed by atoms with Crippen molar-refractivity contribution in [3.63, 3.8) is 0 Å². The third-order valence-corrected chi connectivity index (χ3v) is 12.0. The largest absolute Gasteiger partial charge is 0.391 e. The van der Waals surface area contributed by atoms with Crippen molar-refractivity contribution in [2.24, 2.45) is 40.4 Å². The number of rotatable bonds is 5. The molecule has 8 heteroatoms. The van der Waals surface area contributed by atoms with Crippen LogP contribution >= 0.6 is 0 Å². The third kappa shape index (κ3) is 4.72. The van der Waals surface area contributed by atoms with E-state index in [2.05, 4.69) is 32.6 Å². The number of carbonyl (C=O) groups is 1. The minimum absolute atomic E-state index is 0.0421. The summed E-state index contributed by atoms with van der Waals surface area (Å²) in [4.78, 5) is 15.6. The second-order valence-corrected chi connectivity index (χ2v) is 15.6. The van der Waals surface area contributed by atoms with Gasteiger partial charge in [0.05, 0.1) is 24.6 Å². The Morgan fingerprint density at radius 3 is 2.47 bits per heavy atom. The van der Waals surface area contributed by atoms with Crippen molar-refractivity contribution >= 4 is 15.9 Å². The van der Waals surface area contributed by atoms with Gasteiger partial charge >= 0.3 is 0 Å². The van der Waals surface area contributed by atoms with Gasteiger partial charge in [0.15, 0.2) is 5.78 Å². The molecule has 9 atom stereocenters. The van der Waals surface area contributed by atoms with Crippen molar-refractivity contribution in [3.8, 4) is 0 Å². The highest BCUT2D eigenvalue weighted by Gasteiger charge is 2.62. The molecule has 0 unspecified atom stereocenters. The number of carbonyl (C=O) groups excluding carboxylic acids is 1. The summed E-state index contributed by atoms with van der Waals surface area (Å²) in [5, 5.41) is 11.3. The Balaban J connectivity index is 1.33. The number of fused-ring (bicyclic) bond motifs is 5. The summed E-state index contributed by atoms with van der Waals surface area (Å²) in [5.74, 6) is 2.15. The van der Waals surface area contributed by atoms with Gasteiger partial charge in [0, 0.05) is 25.0 Å². The molecule has 0 aromatic heterocycles. The number of morpholine rings is 1. The Kier molecular flexibility index (Phi) is 6.97. The van der Waals surface area contributed by atoms with Crippen LogP contribution in [0, 0.1) is 40.4 Å². The Hall–Kier alpha value is -0.540. The first-order valence-electron chi connectivity index (χ1n) is 14.2. The molecule has 1 N–H and O–H groups in total. The molecule has 5 aliphatic rings. The molecule has 4 saturated carbocycles. The molecule has 5 rings (SSSR count). The van der Waals surface area contributed by atoms with E-state index in [-0.39, 0.29) is 46.9 Å². The van der Waals surface area contributed by atoms with Crippen LogP contribution in [0.15, 0.2) is 0 Å². The van der Waals surface area contributed by atoms with E-state index in [1.165, 1.54) is 12.8 Å². The van der Waals surface area contributed by atoms with Gasteiger partial charge in [-0.2, -0.15) is 8.42 Å². The Labute approximate surface area is 217 Å². The highest BCUT2D eigenvalue weighted by Crippen LogP contribution is 2.67. The van der Waals surface area contributed by atoms with Crippen LogP contribution in [-0.4, -0.2) is 74.5 Å². The number of hydrogen-bond acceptors (Lipinski definition) is 7. The second-order valence-electron chi connectivity index (χ2n) is 13.9. The molecular formula is C28H47NO6S. The van der Waals surface area contributed by atoms with Crippen LogP contribution in [-0.2, 0) is 23.8 Å². The van der Waals surface area contributed by atoms with Crippen LogP contribution < -0.4 is 0 Å². The standard InChI is InChI=1S/C28H47NO6S/c1-26(2)17-29(12-13-34-26)23-15-28(4)18(14-24(23)30)6-7-19-20-8-9-22(25(31)16-35-36(5,32)33)27(20,3)11-10-21(19)28/h18-24,30H,6-17H2,1-5H3/t18-,19-,20-,21-,22+,23-,24-,27-,28-/m0/s1. The molecule has 5 fully saturated rings. The van der Waals surface area contributed by atoms with Crippen LogP contribution in [0.4, 0.5) is 0 Å². The minimum atomic E-state index is -3.62. The fraction of sp³-hybridized carbons (Fsp3) is 0.964. The number of hydrogen-bond donors (Lipinski definition) is 1. The fourth-order valence-corrected chi connectivity index (χ4v) is 10.1. The molecule has 4 aliphatic carbocycles. The normalized spacial score (nSPS) is 47.0. The zero-order valence-corrected chi connectivity index (χ0v) is 23.7. The number of ether oxygens (including phenoxy) is 1. The summed E-state index contributed by atoms with van der Waals surface area (Å²) < 4.78 is 33.8. The molecule has 1 heterocycles. The summed E-state index contributed by atoms with van der Waals surface area (Å²) in [7, 11) is -3.62. The van der Waals surface area contributed by atoms with Gasteiger partial charge in [0.2, 0.25) is 0 Å². The molecular weight excluding hydrogens is 478 g/mol. The van der Waals surface area contributed by atoms with Crippen molar-refractivity contribution in [1.29, 1.82) is 0 Å². The maximum atomic E-state index is 13.1. The van der Waals surface area contributed by atoms with Gasteiger partial charge in [0.25, 0.3) is 10.1 Å². The van der Waals surface area contributed by atoms with Crippen molar-refractivity contribution in [2.45, 2.75) is 96.8 Å². The van der Waals surface area contributed by atoms with Crippen LogP contribution in [0.2, 0.25) is 0 Å². The van der Waals surface area contributed by atoms with Crippen molar-refractivity contribution in [3.05, 3.63) is 0 Å². The Morgan fingerprint density at radius 1 is 1.06 bits per heavy atom. The molecule has 0 bridgehead atoms. The fourth-order valence-electron chi connectivity index (χ4n) is 9.78. The first-order valence-corrected chi connectivity index (χ1v) is 16.0. The number of Topliss-reactive ketones (excluding diaryl/α,β-unsaturated/α-hetero) is 1. The van der Waals surface area contributed by atoms with Gasteiger partial charge in [0.1, 0.15) is 6.61 Å². The average molecular weight is 526 g/mol. The first-order chi connectivity index (χ1) is 16.7. The molecule has 0 aromatic carbocycles. The summed E-state index contributed by atoms with van der Waals surface area (Å²) in [6.45, 7) is 11.3. The Morgan fingerprint density at radius 2 is 1.78 bits per heavy atom.